The molecule has 0 aliphatic carbocycles. The Labute approximate surface area is 145 Å². The molecule has 2 bridgehead atoms. The fourth-order valence-electron chi connectivity index (χ4n) is 4.07. The second-order valence-electron chi connectivity index (χ2n) is 6.88. The van der Waals surface area contributed by atoms with Gasteiger partial charge in [0.15, 0.2) is 0 Å². The van der Waals surface area contributed by atoms with E-state index in [-0.39, 0.29) is 0 Å². The van der Waals surface area contributed by atoms with Crippen LogP contribution in [0, 0.1) is 0 Å². The van der Waals surface area contributed by atoms with Crippen molar-refractivity contribution >= 4 is 0 Å². The normalized spacial score (nSPS) is 24.1. The van der Waals surface area contributed by atoms with Crippen molar-refractivity contribution in [2.24, 2.45) is 0 Å². The monoisotopic (exact) mass is 347 g/mol. The van der Waals surface area contributed by atoms with Gasteiger partial charge < -0.3 is 0 Å². The van der Waals surface area contributed by atoms with Crippen LogP contribution in [0.15, 0.2) is 48.7 Å². The van der Waals surface area contributed by atoms with E-state index in [1.807, 2.05) is 18.2 Å². The van der Waals surface area contributed by atoms with Gasteiger partial charge in [-0.3, -0.25) is 14.8 Å². The van der Waals surface area contributed by atoms with E-state index >= 15 is 0 Å². The molecule has 1 aromatic carbocycles. The third kappa shape index (κ3) is 3.41. The zero-order chi connectivity index (χ0) is 17.4. The Morgan fingerprint density at radius 1 is 0.920 bits per heavy atom. The van der Waals surface area contributed by atoms with Crippen LogP contribution in [0.1, 0.15) is 23.2 Å². The molecular weight excluding hydrogens is 327 g/mol. The van der Waals surface area contributed by atoms with Gasteiger partial charge in [0.25, 0.3) is 0 Å². The third-order valence-electron chi connectivity index (χ3n) is 5.25. The van der Waals surface area contributed by atoms with E-state index in [0.29, 0.717) is 24.2 Å². The van der Waals surface area contributed by atoms with E-state index < -0.39 is 11.7 Å². The van der Waals surface area contributed by atoms with Crippen molar-refractivity contribution in [3.8, 4) is 0 Å². The van der Waals surface area contributed by atoms with Crippen LogP contribution in [-0.4, -0.2) is 40.0 Å². The summed E-state index contributed by atoms with van der Waals surface area (Å²) in [5.41, 5.74) is 0.908. The lowest BCUT2D eigenvalue weighted by atomic mass is 10.1. The van der Waals surface area contributed by atoms with Gasteiger partial charge in [0.2, 0.25) is 0 Å². The average molecular weight is 347 g/mol. The number of likely N-dealkylation sites (tertiary alicyclic amines) is 2. The Kier molecular flexibility index (Phi) is 4.25. The zero-order valence-corrected chi connectivity index (χ0v) is 13.8. The molecule has 1 aromatic heterocycles. The minimum absolute atomic E-state index is 0.329. The summed E-state index contributed by atoms with van der Waals surface area (Å²) in [6.45, 7) is 2.91. The molecule has 25 heavy (non-hydrogen) atoms. The second-order valence-corrected chi connectivity index (χ2v) is 6.88. The number of benzene rings is 1. The molecular formula is C19H20F3N3. The van der Waals surface area contributed by atoms with Gasteiger partial charge in [-0.2, -0.15) is 13.2 Å². The summed E-state index contributed by atoms with van der Waals surface area (Å²) in [5, 5.41) is 0. The largest absolute Gasteiger partial charge is 0.416 e. The number of halogens is 3. The van der Waals surface area contributed by atoms with Crippen LogP contribution in [0.3, 0.4) is 0 Å². The van der Waals surface area contributed by atoms with E-state index in [1.54, 1.807) is 18.3 Å². The van der Waals surface area contributed by atoms with Crippen LogP contribution in [0.25, 0.3) is 0 Å². The quantitative estimate of drug-likeness (QED) is 0.843. The smallest absolute Gasteiger partial charge is 0.293 e. The number of hydrogen-bond acceptors (Lipinski definition) is 3. The van der Waals surface area contributed by atoms with Crippen molar-refractivity contribution in [1.82, 2.24) is 14.8 Å². The summed E-state index contributed by atoms with van der Waals surface area (Å²) in [4.78, 5) is 8.97. The molecule has 0 amide bonds. The van der Waals surface area contributed by atoms with E-state index in [0.717, 1.165) is 31.7 Å². The van der Waals surface area contributed by atoms with Crippen LogP contribution >= 0.6 is 0 Å². The lowest BCUT2D eigenvalue weighted by Gasteiger charge is -2.34. The molecule has 4 rings (SSSR count). The molecule has 0 spiro atoms. The highest BCUT2D eigenvalue weighted by Crippen LogP contribution is 2.36. The topological polar surface area (TPSA) is 19.4 Å². The van der Waals surface area contributed by atoms with E-state index in [9.17, 15) is 13.2 Å². The standard InChI is InChI=1S/C19H20F3N3/c20-19(21,22)18-7-2-1-5-14(18)10-24-12-17-9-16(24)13-25(17)11-15-6-3-4-8-23-15/h1-8,16-17H,9-13H2. The zero-order valence-electron chi connectivity index (χ0n) is 13.8. The second kappa shape index (κ2) is 6.42. The predicted octanol–water partition coefficient (Wildman–Crippen LogP) is 3.56. The molecule has 2 aliphatic heterocycles. The van der Waals surface area contributed by atoms with Crippen LogP contribution in [0.2, 0.25) is 0 Å². The van der Waals surface area contributed by atoms with E-state index in [4.69, 9.17) is 0 Å². The van der Waals surface area contributed by atoms with Gasteiger partial charge in [0.05, 0.1) is 11.3 Å². The Morgan fingerprint density at radius 2 is 1.60 bits per heavy atom. The molecule has 0 saturated carbocycles. The molecule has 2 saturated heterocycles. The molecule has 6 heteroatoms. The molecule has 0 radical (unpaired) electrons. The summed E-state index contributed by atoms with van der Waals surface area (Å²) in [5.74, 6) is 0. The lowest BCUT2D eigenvalue weighted by molar-refractivity contribution is -0.138. The molecule has 0 N–H and O–H groups in total. The van der Waals surface area contributed by atoms with Crippen molar-refractivity contribution in [2.45, 2.75) is 37.8 Å². The fraction of sp³-hybridized carbons (Fsp3) is 0.421. The minimum atomic E-state index is -4.29. The Morgan fingerprint density at radius 3 is 2.24 bits per heavy atom. The molecule has 3 heterocycles. The van der Waals surface area contributed by atoms with Crippen molar-refractivity contribution in [3.63, 3.8) is 0 Å². The van der Waals surface area contributed by atoms with Crippen molar-refractivity contribution < 1.29 is 13.2 Å². The summed E-state index contributed by atoms with van der Waals surface area (Å²) >= 11 is 0. The number of hydrogen-bond donors (Lipinski definition) is 0. The molecule has 2 fully saturated rings. The first-order chi connectivity index (χ1) is 12.0. The summed E-state index contributed by atoms with van der Waals surface area (Å²) < 4.78 is 39.5. The fourth-order valence-corrected chi connectivity index (χ4v) is 4.07. The highest BCUT2D eigenvalue weighted by Gasteiger charge is 2.43. The number of rotatable bonds is 4. The molecule has 3 nitrogen and oxygen atoms in total. The number of fused-ring (bicyclic) bond motifs is 2. The summed E-state index contributed by atoms with van der Waals surface area (Å²) in [6.07, 6.45) is -1.47. The maximum atomic E-state index is 13.2. The maximum absolute atomic E-state index is 13.2. The number of alkyl halides is 3. The molecule has 132 valence electrons. The molecule has 2 aromatic rings. The predicted molar refractivity (Wildman–Crippen MR) is 88.7 cm³/mol. The molecule has 2 aliphatic rings. The Hall–Kier alpha value is -1.92. The van der Waals surface area contributed by atoms with Gasteiger partial charge in [0.1, 0.15) is 0 Å². The number of nitrogens with zero attached hydrogens (tertiary/aromatic N) is 3. The van der Waals surface area contributed by atoms with Gasteiger partial charge in [-0.05, 0) is 30.2 Å². The Balaban J connectivity index is 1.42. The number of pyridine rings is 1. The van der Waals surface area contributed by atoms with Crippen LogP contribution < -0.4 is 0 Å². The maximum Gasteiger partial charge on any atom is 0.416 e. The van der Waals surface area contributed by atoms with Crippen molar-refractivity contribution in [3.05, 3.63) is 65.5 Å². The number of piperazine rings is 1. The first kappa shape index (κ1) is 16.5. The third-order valence-corrected chi connectivity index (χ3v) is 5.25. The van der Waals surface area contributed by atoms with Crippen LogP contribution in [-0.2, 0) is 19.3 Å². The highest BCUT2D eigenvalue weighted by atomic mass is 19.4. The van der Waals surface area contributed by atoms with Crippen LogP contribution in [0.4, 0.5) is 13.2 Å². The van der Waals surface area contributed by atoms with Gasteiger partial charge >= 0.3 is 6.18 Å². The summed E-state index contributed by atoms with van der Waals surface area (Å²) in [7, 11) is 0. The SMILES string of the molecule is FC(F)(F)c1ccccc1CN1CC2CC1CN2Cc1ccccn1. The van der Waals surface area contributed by atoms with Crippen molar-refractivity contribution in [2.75, 3.05) is 13.1 Å². The first-order valence-corrected chi connectivity index (χ1v) is 8.54. The van der Waals surface area contributed by atoms with Crippen molar-refractivity contribution in [1.29, 1.82) is 0 Å². The van der Waals surface area contributed by atoms with E-state index in [1.165, 1.54) is 12.1 Å². The van der Waals surface area contributed by atoms with Gasteiger partial charge in [-0.1, -0.05) is 24.3 Å². The van der Waals surface area contributed by atoms with E-state index in [2.05, 4.69) is 14.8 Å². The van der Waals surface area contributed by atoms with Crippen LogP contribution in [0.5, 0.6) is 0 Å². The lowest BCUT2D eigenvalue weighted by Crippen LogP contribution is -2.45. The highest BCUT2D eigenvalue weighted by molar-refractivity contribution is 5.30. The Bertz CT molecular complexity index is 732. The molecule has 2 atom stereocenters. The summed E-state index contributed by atoms with van der Waals surface area (Å²) in [6, 6.07) is 12.6. The minimum Gasteiger partial charge on any atom is -0.293 e. The average Bonchev–Trinajstić information content (AvgIpc) is 3.15. The first-order valence-electron chi connectivity index (χ1n) is 8.54. The van der Waals surface area contributed by atoms with Gasteiger partial charge in [-0.25, -0.2) is 0 Å². The number of aromatic nitrogens is 1. The van der Waals surface area contributed by atoms with Gasteiger partial charge in [-0.15, -0.1) is 0 Å². The molecule has 2 unspecified atom stereocenters. The van der Waals surface area contributed by atoms with Gasteiger partial charge in [0, 0.05) is 44.5 Å².